The molecule has 1 atom stereocenters. The van der Waals surface area contributed by atoms with Crippen LogP contribution in [0.5, 0.6) is 0 Å². The van der Waals surface area contributed by atoms with Crippen LogP contribution >= 0.6 is 11.8 Å². The molecule has 1 amide bonds. The molecule has 0 aromatic carbocycles. The number of nitrogens with one attached hydrogen (secondary N) is 1. The lowest BCUT2D eigenvalue weighted by Crippen LogP contribution is -2.48. The van der Waals surface area contributed by atoms with Crippen LogP contribution in [0.4, 0.5) is 0 Å². The summed E-state index contributed by atoms with van der Waals surface area (Å²) in [6.07, 6.45) is 3.54. The number of aliphatic carboxylic acids is 1. The molecule has 0 spiro atoms. The highest BCUT2D eigenvalue weighted by molar-refractivity contribution is 7.98. The minimum absolute atomic E-state index is 0.0930. The molecule has 0 radical (unpaired) electrons. The van der Waals surface area contributed by atoms with Crippen LogP contribution in [0, 0.1) is 0 Å². The Morgan fingerprint density at radius 1 is 1.62 bits per heavy atom. The first-order valence-electron chi connectivity index (χ1n) is 4.69. The van der Waals surface area contributed by atoms with Gasteiger partial charge in [-0.1, -0.05) is 0 Å². The van der Waals surface area contributed by atoms with Crippen LogP contribution in [0.15, 0.2) is 22.8 Å². The second kappa shape index (κ2) is 6.22. The van der Waals surface area contributed by atoms with Crippen LogP contribution in [0.3, 0.4) is 0 Å². The van der Waals surface area contributed by atoms with E-state index in [2.05, 4.69) is 5.32 Å². The molecule has 0 aliphatic carbocycles. The average Bonchev–Trinajstić information content (AvgIpc) is 2.76. The van der Waals surface area contributed by atoms with E-state index in [0.29, 0.717) is 12.2 Å². The minimum atomic E-state index is -1.28. The van der Waals surface area contributed by atoms with E-state index in [-0.39, 0.29) is 5.76 Å². The maximum atomic E-state index is 11.5. The van der Waals surface area contributed by atoms with Gasteiger partial charge in [-0.3, -0.25) is 4.79 Å². The van der Waals surface area contributed by atoms with Crippen molar-refractivity contribution in [2.45, 2.75) is 12.5 Å². The molecule has 1 rings (SSSR count). The third-order valence-electron chi connectivity index (χ3n) is 1.95. The molecular formula is C10H12NO4S-. The molecule has 1 aromatic rings. The molecule has 0 fully saturated rings. The molecule has 0 bridgehead atoms. The van der Waals surface area contributed by atoms with Crippen molar-refractivity contribution >= 4 is 23.6 Å². The Morgan fingerprint density at radius 3 is 2.88 bits per heavy atom. The van der Waals surface area contributed by atoms with Gasteiger partial charge < -0.3 is 19.6 Å². The van der Waals surface area contributed by atoms with Gasteiger partial charge in [0, 0.05) is 0 Å². The molecule has 88 valence electrons. The van der Waals surface area contributed by atoms with E-state index in [4.69, 9.17) is 4.42 Å². The van der Waals surface area contributed by atoms with E-state index in [9.17, 15) is 14.7 Å². The summed E-state index contributed by atoms with van der Waals surface area (Å²) in [7, 11) is 0. The number of carboxylic acid groups (broad SMARTS) is 1. The van der Waals surface area contributed by atoms with Crippen molar-refractivity contribution in [3.05, 3.63) is 24.2 Å². The molecular weight excluding hydrogens is 230 g/mol. The summed E-state index contributed by atoms with van der Waals surface area (Å²) in [5.74, 6) is -1.10. The summed E-state index contributed by atoms with van der Waals surface area (Å²) in [6.45, 7) is 0. The first kappa shape index (κ1) is 12.6. The Labute approximate surface area is 97.2 Å². The van der Waals surface area contributed by atoms with Crippen molar-refractivity contribution in [3.8, 4) is 0 Å². The number of hydrogen-bond acceptors (Lipinski definition) is 5. The Hall–Kier alpha value is -1.43. The van der Waals surface area contributed by atoms with E-state index in [1.54, 1.807) is 6.07 Å². The molecule has 0 aliphatic rings. The zero-order valence-corrected chi connectivity index (χ0v) is 9.58. The van der Waals surface area contributed by atoms with E-state index in [1.165, 1.54) is 24.1 Å². The maximum absolute atomic E-state index is 11.5. The van der Waals surface area contributed by atoms with E-state index < -0.39 is 17.9 Å². The second-order valence-electron chi connectivity index (χ2n) is 3.10. The number of hydrogen-bond donors (Lipinski definition) is 1. The second-order valence-corrected chi connectivity index (χ2v) is 4.09. The fourth-order valence-corrected chi connectivity index (χ4v) is 1.59. The topological polar surface area (TPSA) is 82.4 Å². The molecule has 1 heterocycles. The Morgan fingerprint density at radius 2 is 2.38 bits per heavy atom. The molecule has 1 unspecified atom stereocenters. The summed E-state index contributed by atoms with van der Waals surface area (Å²) in [4.78, 5) is 22.2. The monoisotopic (exact) mass is 242 g/mol. The normalized spacial score (nSPS) is 12.1. The van der Waals surface area contributed by atoms with Crippen LogP contribution in [-0.4, -0.2) is 29.9 Å². The molecule has 0 saturated heterocycles. The predicted molar refractivity (Wildman–Crippen MR) is 58.0 cm³/mol. The zero-order chi connectivity index (χ0) is 12.0. The number of thioether (sulfide) groups is 1. The van der Waals surface area contributed by atoms with Gasteiger partial charge in [0.1, 0.15) is 0 Å². The van der Waals surface area contributed by atoms with Crippen LogP contribution in [0.1, 0.15) is 17.0 Å². The molecule has 1 aromatic heterocycles. The first-order valence-corrected chi connectivity index (χ1v) is 6.08. The highest BCUT2D eigenvalue weighted by Gasteiger charge is 2.15. The van der Waals surface area contributed by atoms with Crippen molar-refractivity contribution in [1.82, 2.24) is 5.32 Å². The largest absolute Gasteiger partial charge is 0.548 e. The number of furan rings is 1. The molecule has 6 heteroatoms. The fraction of sp³-hybridized carbons (Fsp3) is 0.400. The van der Waals surface area contributed by atoms with Gasteiger partial charge in [0.2, 0.25) is 0 Å². The van der Waals surface area contributed by atoms with Crippen molar-refractivity contribution in [2.75, 3.05) is 12.0 Å². The number of carbonyl (C=O) groups excluding carboxylic acids is 2. The van der Waals surface area contributed by atoms with Gasteiger partial charge >= 0.3 is 0 Å². The lowest BCUT2D eigenvalue weighted by Gasteiger charge is -2.18. The number of amides is 1. The van der Waals surface area contributed by atoms with Crippen LogP contribution in [0.2, 0.25) is 0 Å². The Bertz CT molecular complexity index is 350. The molecule has 0 saturated carbocycles. The van der Waals surface area contributed by atoms with Gasteiger partial charge in [0.15, 0.2) is 5.76 Å². The molecule has 16 heavy (non-hydrogen) atoms. The lowest BCUT2D eigenvalue weighted by atomic mass is 10.2. The third kappa shape index (κ3) is 3.62. The third-order valence-corrected chi connectivity index (χ3v) is 2.59. The highest BCUT2D eigenvalue weighted by atomic mass is 32.2. The van der Waals surface area contributed by atoms with E-state index in [1.807, 2.05) is 6.26 Å². The van der Waals surface area contributed by atoms with E-state index >= 15 is 0 Å². The van der Waals surface area contributed by atoms with Crippen molar-refractivity contribution in [2.24, 2.45) is 0 Å². The standard InChI is InChI=1S/C10H13NO4S/c1-16-6-4-7(10(13)14)11-9(12)8-3-2-5-15-8/h2-3,5,7H,4,6H2,1H3,(H,11,12)(H,13,14)/p-1. The summed E-state index contributed by atoms with van der Waals surface area (Å²) in [5, 5.41) is 13.1. The SMILES string of the molecule is CSCCC(NC(=O)c1ccco1)C(=O)[O-]. The Balaban J connectivity index is 2.54. The van der Waals surface area contributed by atoms with Crippen LogP contribution in [0.25, 0.3) is 0 Å². The smallest absolute Gasteiger partial charge is 0.287 e. The molecule has 5 nitrogen and oxygen atoms in total. The quantitative estimate of drug-likeness (QED) is 0.752. The minimum Gasteiger partial charge on any atom is -0.548 e. The summed E-state index contributed by atoms with van der Waals surface area (Å²) in [5.41, 5.74) is 0. The van der Waals surface area contributed by atoms with Crippen molar-refractivity contribution < 1.29 is 19.1 Å². The highest BCUT2D eigenvalue weighted by Crippen LogP contribution is 2.03. The van der Waals surface area contributed by atoms with Crippen molar-refractivity contribution in [1.29, 1.82) is 0 Å². The summed E-state index contributed by atoms with van der Waals surface area (Å²) >= 11 is 1.51. The maximum Gasteiger partial charge on any atom is 0.287 e. The lowest BCUT2D eigenvalue weighted by molar-refractivity contribution is -0.308. The average molecular weight is 242 g/mol. The predicted octanol–water partition coefficient (Wildman–Crippen LogP) is -0.119. The zero-order valence-electron chi connectivity index (χ0n) is 8.76. The summed E-state index contributed by atoms with van der Waals surface area (Å²) in [6, 6.07) is 2.05. The van der Waals surface area contributed by atoms with Gasteiger partial charge in [-0.05, 0) is 30.6 Å². The first-order chi connectivity index (χ1) is 7.65. The van der Waals surface area contributed by atoms with Gasteiger partial charge in [0.05, 0.1) is 18.3 Å². The van der Waals surface area contributed by atoms with Gasteiger partial charge in [-0.25, -0.2) is 0 Å². The van der Waals surface area contributed by atoms with Gasteiger partial charge in [0.25, 0.3) is 5.91 Å². The van der Waals surface area contributed by atoms with Gasteiger partial charge in [-0.2, -0.15) is 11.8 Å². The Kier molecular flexibility index (Phi) is 4.91. The van der Waals surface area contributed by atoms with Crippen LogP contribution in [-0.2, 0) is 4.79 Å². The number of carbonyl (C=O) groups is 2. The molecule has 0 aliphatic heterocycles. The van der Waals surface area contributed by atoms with E-state index in [0.717, 1.165) is 0 Å². The summed E-state index contributed by atoms with van der Waals surface area (Å²) < 4.78 is 4.85. The van der Waals surface area contributed by atoms with Gasteiger partial charge in [-0.15, -0.1) is 0 Å². The fourth-order valence-electron chi connectivity index (χ4n) is 1.12. The van der Waals surface area contributed by atoms with Crippen LogP contribution < -0.4 is 10.4 Å². The van der Waals surface area contributed by atoms with Crippen molar-refractivity contribution in [3.63, 3.8) is 0 Å². The number of carboxylic acids is 1. The molecule has 1 N–H and O–H groups in total. The number of rotatable bonds is 6.